The van der Waals surface area contributed by atoms with Crippen molar-refractivity contribution in [3.8, 4) is 0 Å². The Labute approximate surface area is 414 Å². The van der Waals surface area contributed by atoms with Crippen LogP contribution in [0.25, 0.3) is 0 Å². The van der Waals surface area contributed by atoms with E-state index in [1.807, 2.05) is 6.08 Å². The smallest absolute Gasteiger partial charge is 0.306 e. The van der Waals surface area contributed by atoms with Gasteiger partial charge in [-0.3, -0.25) is 4.79 Å². The molecule has 4 aliphatic rings. The molecule has 67 heavy (non-hydrogen) atoms. The molecular formula is C64H102O3. The fourth-order valence-corrected chi connectivity index (χ4v) is 12.3. The zero-order valence-electron chi connectivity index (χ0n) is 45.2. The molecule has 0 amide bonds. The lowest BCUT2D eigenvalue weighted by molar-refractivity contribution is -0.142. The number of rotatable bonds is 27. The van der Waals surface area contributed by atoms with E-state index in [9.17, 15) is 9.90 Å². The first-order valence-corrected chi connectivity index (χ1v) is 28.0. The van der Waals surface area contributed by atoms with Gasteiger partial charge in [-0.25, -0.2) is 0 Å². The standard InChI is InChI=1S/C64H102O3/c1-49(2)52(5)34-35-55(8)59-39-40-60-56(31-27-44-63(59,60)11)36-37-57-48-64(66,46-41-53(57)6)45-24-22-20-18-16-14-12-13-15-17-19-21-23-32-61(65)67-47-42-51(4)29-25-28-50(3)33-38-58-54(7)30-26-43-62(58,9)10/h25,28-29,33-38,42,49,52,55,59-60,66H,6,12-24,26-27,30-32,39-41,43-48H2,1-5,7-11H3/t52-,55+,59+,60?,63+,64-/m0/s1. The van der Waals surface area contributed by atoms with Gasteiger partial charge in [0.15, 0.2) is 0 Å². The highest BCUT2D eigenvalue weighted by atomic mass is 16.5. The van der Waals surface area contributed by atoms with E-state index in [1.165, 1.54) is 143 Å². The van der Waals surface area contributed by atoms with Gasteiger partial charge in [-0.15, -0.1) is 0 Å². The Kier molecular flexibility index (Phi) is 24.3. The first-order chi connectivity index (χ1) is 31.9. The maximum atomic E-state index is 12.3. The molecule has 0 aromatic rings. The zero-order valence-corrected chi connectivity index (χ0v) is 45.2. The molecular weight excluding hydrogens is 817 g/mol. The van der Waals surface area contributed by atoms with Gasteiger partial charge < -0.3 is 9.84 Å². The summed E-state index contributed by atoms with van der Waals surface area (Å²) in [5.74, 6) is 3.36. The third-order valence-electron chi connectivity index (χ3n) is 17.3. The predicted octanol–water partition coefficient (Wildman–Crippen LogP) is 18.9. The Morgan fingerprint density at radius 1 is 0.776 bits per heavy atom. The van der Waals surface area contributed by atoms with Crippen LogP contribution < -0.4 is 0 Å². The van der Waals surface area contributed by atoms with Gasteiger partial charge in [0.1, 0.15) is 6.61 Å². The molecule has 0 aliphatic heterocycles. The summed E-state index contributed by atoms with van der Waals surface area (Å²) in [5.41, 5.74) is 9.65. The summed E-state index contributed by atoms with van der Waals surface area (Å²) in [7, 11) is 0. The first kappa shape index (κ1) is 56.7. The second-order valence-corrected chi connectivity index (χ2v) is 23.6. The van der Waals surface area contributed by atoms with Gasteiger partial charge in [-0.2, -0.15) is 0 Å². The van der Waals surface area contributed by atoms with Crippen molar-refractivity contribution in [3.05, 3.63) is 106 Å². The van der Waals surface area contributed by atoms with Gasteiger partial charge in [0.25, 0.3) is 0 Å². The van der Waals surface area contributed by atoms with E-state index >= 15 is 0 Å². The highest BCUT2D eigenvalue weighted by Crippen LogP contribution is 2.59. The molecule has 3 heteroatoms. The maximum absolute atomic E-state index is 12.3. The lowest BCUT2D eigenvalue weighted by atomic mass is 9.61. The van der Waals surface area contributed by atoms with Gasteiger partial charge in [0, 0.05) is 12.8 Å². The highest BCUT2D eigenvalue weighted by molar-refractivity contribution is 5.69. The number of aliphatic hydroxyl groups is 1. The Balaban J connectivity index is 0.998. The minimum Gasteiger partial charge on any atom is -0.461 e. The molecule has 0 aromatic heterocycles. The zero-order chi connectivity index (χ0) is 48.9. The Bertz CT molecular complexity index is 1800. The Hall–Kier alpha value is -2.91. The Morgan fingerprint density at radius 3 is 2.07 bits per heavy atom. The molecule has 1 N–H and O–H groups in total. The van der Waals surface area contributed by atoms with Gasteiger partial charge in [0.2, 0.25) is 0 Å². The molecule has 0 heterocycles. The van der Waals surface area contributed by atoms with Gasteiger partial charge in [-0.05, 0) is 155 Å². The number of carbonyl (C=O) groups excluding carboxylic acids is 1. The van der Waals surface area contributed by atoms with Crippen molar-refractivity contribution in [1.29, 1.82) is 0 Å². The second-order valence-electron chi connectivity index (χ2n) is 23.6. The van der Waals surface area contributed by atoms with Crippen LogP contribution in [0.1, 0.15) is 236 Å². The van der Waals surface area contributed by atoms with Crippen molar-refractivity contribution in [1.82, 2.24) is 0 Å². The third kappa shape index (κ3) is 19.1. The molecule has 4 rings (SSSR count). The topological polar surface area (TPSA) is 46.5 Å². The number of allylic oxidation sites excluding steroid dienone is 15. The Morgan fingerprint density at radius 2 is 1.42 bits per heavy atom. The van der Waals surface area contributed by atoms with E-state index in [0.717, 1.165) is 56.4 Å². The van der Waals surface area contributed by atoms with Crippen molar-refractivity contribution < 1.29 is 14.6 Å². The van der Waals surface area contributed by atoms with E-state index in [-0.39, 0.29) is 11.4 Å². The molecule has 6 atom stereocenters. The van der Waals surface area contributed by atoms with Crippen LogP contribution in [0.4, 0.5) is 0 Å². The lowest BCUT2D eigenvalue weighted by Gasteiger charge is -2.44. The highest BCUT2D eigenvalue weighted by Gasteiger charge is 2.50. The number of hydrogen-bond donors (Lipinski definition) is 1. The van der Waals surface area contributed by atoms with E-state index in [4.69, 9.17) is 4.74 Å². The monoisotopic (exact) mass is 919 g/mol. The van der Waals surface area contributed by atoms with Crippen molar-refractivity contribution >= 4 is 5.97 Å². The molecule has 4 aliphatic carbocycles. The van der Waals surface area contributed by atoms with E-state index in [0.29, 0.717) is 42.1 Å². The minimum absolute atomic E-state index is 0.0835. The number of fused-ring (bicyclic) bond motifs is 1. The summed E-state index contributed by atoms with van der Waals surface area (Å²) >= 11 is 0. The molecule has 0 bridgehead atoms. The van der Waals surface area contributed by atoms with Crippen LogP contribution in [0, 0.1) is 40.4 Å². The normalized spacial score (nSPS) is 27.4. The summed E-state index contributed by atoms with van der Waals surface area (Å²) in [5, 5.41) is 11.7. The van der Waals surface area contributed by atoms with Crippen LogP contribution in [-0.2, 0) is 9.53 Å². The number of hydrogen-bond acceptors (Lipinski definition) is 3. The van der Waals surface area contributed by atoms with Gasteiger partial charge in [0.05, 0.1) is 5.60 Å². The van der Waals surface area contributed by atoms with Crippen molar-refractivity contribution in [2.75, 3.05) is 6.61 Å². The van der Waals surface area contributed by atoms with Crippen molar-refractivity contribution in [2.24, 2.45) is 40.4 Å². The van der Waals surface area contributed by atoms with Crippen LogP contribution >= 0.6 is 0 Å². The van der Waals surface area contributed by atoms with Crippen LogP contribution in [0.5, 0.6) is 0 Å². The molecule has 3 saturated carbocycles. The van der Waals surface area contributed by atoms with Crippen molar-refractivity contribution in [2.45, 2.75) is 242 Å². The van der Waals surface area contributed by atoms with E-state index in [1.54, 1.807) is 5.57 Å². The fraction of sp³-hybridized carbons (Fsp3) is 0.703. The molecule has 0 spiro atoms. The minimum atomic E-state index is -0.572. The molecule has 0 radical (unpaired) electrons. The molecule has 0 saturated heterocycles. The number of carbonyl (C=O) groups is 1. The quantitative estimate of drug-likeness (QED) is 0.0386. The summed E-state index contributed by atoms with van der Waals surface area (Å²) in [4.78, 5) is 12.3. The average Bonchev–Trinajstić information content (AvgIpc) is 3.64. The van der Waals surface area contributed by atoms with Gasteiger partial charge >= 0.3 is 5.97 Å². The van der Waals surface area contributed by atoms with E-state index in [2.05, 4.69) is 131 Å². The van der Waals surface area contributed by atoms with Crippen LogP contribution in [0.2, 0.25) is 0 Å². The molecule has 3 fully saturated rings. The van der Waals surface area contributed by atoms with Gasteiger partial charge in [-0.1, -0.05) is 215 Å². The average molecular weight is 920 g/mol. The second kappa shape index (κ2) is 28.7. The summed E-state index contributed by atoms with van der Waals surface area (Å²) in [6, 6.07) is 0. The van der Waals surface area contributed by atoms with Crippen LogP contribution in [-0.4, -0.2) is 23.3 Å². The fourth-order valence-electron chi connectivity index (χ4n) is 12.3. The first-order valence-electron chi connectivity index (χ1n) is 28.0. The molecule has 1 unspecified atom stereocenters. The third-order valence-corrected chi connectivity index (χ3v) is 17.3. The lowest BCUT2D eigenvalue weighted by Crippen LogP contribution is -2.35. The molecule has 376 valence electrons. The molecule has 0 aromatic carbocycles. The molecule has 3 nitrogen and oxygen atoms in total. The van der Waals surface area contributed by atoms with Crippen LogP contribution in [0.15, 0.2) is 106 Å². The number of ether oxygens (including phenoxy) is 1. The summed E-state index contributed by atoms with van der Waals surface area (Å²) in [6.07, 6.45) is 53.2. The largest absolute Gasteiger partial charge is 0.461 e. The number of unbranched alkanes of at least 4 members (excludes halogenated alkanes) is 12. The predicted molar refractivity (Wildman–Crippen MR) is 291 cm³/mol. The SMILES string of the molecule is C=C1CC[C@@](O)(CCCCCCCCCCCCCCCC(=O)OCC=C(C)C=CC=C(C)C=CC2=C(C)CCCC2(C)C)CC1=CC=C1CCC[C@@]2(C)C1CC[C@@H]2[C@H](C)C=C[C@H](C)C(C)C. The summed E-state index contributed by atoms with van der Waals surface area (Å²) in [6.45, 7) is 28.1. The summed E-state index contributed by atoms with van der Waals surface area (Å²) < 4.78 is 5.49. The van der Waals surface area contributed by atoms with Crippen LogP contribution in [0.3, 0.4) is 0 Å². The number of esters is 1. The van der Waals surface area contributed by atoms with E-state index < -0.39 is 5.60 Å². The maximum Gasteiger partial charge on any atom is 0.306 e. The van der Waals surface area contributed by atoms with Crippen molar-refractivity contribution in [3.63, 3.8) is 0 Å².